The molecule has 0 rings (SSSR count). The van der Waals surface area contributed by atoms with Crippen molar-refractivity contribution in [2.75, 3.05) is 25.7 Å². The van der Waals surface area contributed by atoms with Gasteiger partial charge in [-0.1, -0.05) is 20.3 Å². The van der Waals surface area contributed by atoms with Crippen LogP contribution in [0.15, 0.2) is 4.95 Å². The average molecular weight is 300 g/mol. The predicted molar refractivity (Wildman–Crippen MR) is 80.6 cm³/mol. The molecule has 0 bridgehead atoms. The molecule has 0 saturated carbocycles. The maximum Gasteiger partial charge on any atom is 0.216 e. The third kappa shape index (κ3) is 8.34. The number of hydrogen-bond acceptors (Lipinski definition) is 3. The van der Waals surface area contributed by atoms with Crippen LogP contribution in [-0.4, -0.2) is 35.4 Å². The Hall–Kier alpha value is 0.600. The van der Waals surface area contributed by atoms with E-state index in [0.29, 0.717) is 12.1 Å². The summed E-state index contributed by atoms with van der Waals surface area (Å²) in [7, 11) is -1.75. The third-order valence-electron chi connectivity index (χ3n) is 3.03. The van der Waals surface area contributed by atoms with Gasteiger partial charge in [-0.05, 0) is 35.0 Å². The summed E-state index contributed by atoms with van der Waals surface area (Å²) in [5, 5.41) is 0. The van der Waals surface area contributed by atoms with Crippen LogP contribution in [-0.2, 0) is 11.8 Å². The van der Waals surface area contributed by atoms with Crippen LogP contribution in [0.1, 0.15) is 26.7 Å². The topological polar surface area (TPSA) is 69.9 Å². The Morgan fingerprint density at radius 2 is 2.00 bits per heavy atom. The first kappa shape index (κ1) is 17.6. The van der Waals surface area contributed by atoms with Gasteiger partial charge in [-0.3, -0.25) is 4.89 Å². The van der Waals surface area contributed by atoms with Crippen LogP contribution in [0, 0.1) is 16.7 Å². The van der Waals surface area contributed by atoms with Crippen molar-refractivity contribution in [2.45, 2.75) is 26.7 Å². The Labute approximate surface area is 110 Å². The molecule has 0 aliphatic rings. The van der Waals surface area contributed by atoms with Gasteiger partial charge >= 0.3 is 0 Å². The van der Waals surface area contributed by atoms with Gasteiger partial charge in [0.05, 0.1) is 19.5 Å². The minimum Gasteiger partial charge on any atom is -0.346 e. The second kappa shape index (κ2) is 7.25. The molecule has 4 nitrogen and oxygen atoms in total. The van der Waals surface area contributed by atoms with Crippen LogP contribution in [0.5, 0.6) is 0 Å². The molecular weight excluding hydrogens is 276 g/mol. The first-order chi connectivity index (χ1) is 7.61. The fraction of sp³-hybridized carbons (Fsp3) is 1.00. The maximum absolute atomic E-state index is 10.4. The van der Waals surface area contributed by atoms with E-state index in [-0.39, 0.29) is 5.92 Å². The average Bonchev–Trinajstić information content (AvgIpc) is 2.16. The van der Waals surface area contributed by atoms with E-state index in [1.807, 2.05) is 20.3 Å². The van der Waals surface area contributed by atoms with Gasteiger partial charge in [-0.25, -0.2) is 0 Å². The maximum atomic E-state index is 10.4. The van der Waals surface area contributed by atoms with Crippen molar-refractivity contribution in [3.05, 3.63) is 4.91 Å². The molecule has 3 atom stereocenters. The molecule has 0 aliphatic carbocycles. The second-order valence-electron chi connectivity index (χ2n) is 5.21. The molecular formula is C10H24NO3P2S+. The quantitative estimate of drug-likeness (QED) is 0.533. The normalized spacial score (nSPS) is 19.4. The monoisotopic (exact) mass is 300 g/mol. The second-order valence-corrected chi connectivity index (χ2v) is 12.5. The third-order valence-corrected chi connectivity index (χ3v) is 6.34. The number of nitroso groups, excluding NO2 is 1. The van der Waals surface area contributed by atoms with Crippen molar-refractivity contribution >= 4 is 25.7 Å². The molecule has 0 saturated heterocycles. The van der Waals surface area contributed by atoms with E-state index >= 15 is 0 Å². The predicted octanol–water partition coefficient (Wildman–Crippen LogP) is 3.29. The molecule has 7 heteroatoms. The lowest BCUT2D eigenvalue weighted by Crippen LogP contribution is -2.16. The van der Waals surface area contributed by atoms with Crippen molar-refractivity contribution in [3.63, 3.8) is 0 Å². The zero-order valence-corrected chi connectivity index (χ0v) is 13.6. The molecule has 0 aromatic heterocycles. The first-order valence-corrected chi connectivity index (χ1v) is 11.5. The fourth-order valence-corrected chi connectivity index (χ4v) is 4.71. The Kier molecular flexibility index (Phi) is 7.51. The lowest BCUT2D eigenvalue weighted by Gasteiger charge is -2.24. The van der Waals surface area contributed by atoms with E-state index in [1.54, 1.807) is 0 Å². The van der Waals surface area contributed by atoms with E-state index < -0.39 is 13.9 Å². The van der Waals surface area contributed by atoms with E-state index in [0.717, 1.165) is 19.0 Å². The molecule has 0 aromatic rings. The molecule has 0 fully saturated rings. The molecule has 102 valence electrons. The smallest absolute Gasteiger partial charge is 0.216 e. The van der Waals surface area contributed by atoms with Crippen LogP contribution < -0.4 is 0 Å². The minimum absolute atomic E-state index is 0.181. The molecule has 3 unspecified atom stereocenters. The van der Waals surface area contributed by atoms with Crippen molar-refractivity contribution in [2.24, 2.45) is 16.8 Å². The Morgan fingerprint density at radius 3 is 2.35 bits per heavy atom. The largest absolute Gasteiger partial charge is 0.346 e. The van der Waals surface area contributed by atoms with Crippen molar-refractivity contribution in [3.8, 4) is 0 Å². The van der Waals surface area contributed by atoms with Gasteiger partial charge in [-0.15, -0.1) is 4.91 Å². The van der Waals surface area contributed by atoms with E-state index in [4.69, 9.17) is 11.8 Å². The summed E-state index contributed by atoms with van der Waals surface area (Å²) in [6.45, 7) is 7.88. The van der Waals surface area contributed by atoms with Gasteiger partial charge in [0.15, 0.2) is 0 Å². The van der Waals surface area contributed by atoms with E-state index in [1.165, 1.54) is 0 Å². The number of nitrogens with zero attached hydrogens (tertiary/aromatic N) is 1. The van der Waals surface area contributed by atoms with Gasteiger partial charge in [0.25, 0.3) is 0 Å². The highest BCUT2D eigenvalue weighted by Crippen LogP contribution is 2.49. The highest BCUT2D eigenvalue weighted by Gasteiger charge is 2.28. The summed E-state index contributed by atoms with van der Waals surface area (Å²) in [5.41, 5.74) is 0. The van der Waals surface area contributed by atoms with Crippen molar-refractivity contribution < 1.29 is 9.79 Å². The molecule has 0 heterocycles. The van der Waals surface area contributed by atoms with E-state index in [9.17, 15) is 14.7 Å². The van der Waals surface area contributed by atoms with Crippen LogP contribution in [0.2, 0.25) is 0 Å². The summed E-state index contributed by atoms with van der Waals surface area (Å²) in [4.78, 5) is 32.4. The van der Waals surface area contributed by atoms with E-state index in [2.05, 4.69) is 11.9 Å². The van der Waals surface area contributed by atoms with Gasteiger partial charge in [0.1, 0.15) is 7.49 Å². The zero-order chi connectivity index (χ0) is 13.7. The van der Waals surface area contributed by atoms with Crippen LogP contribution in [0.3, 0.4) is 0 Å². The van der Waals surface area contributed by atoms with Crippen molar-refractivity contribution in [1.82, 2.24) is 0 Å². The summed E-state index contributed by atoms with van der Waals surface area (Å²) in [5.74, 6) is 0.567. The molecule has 0 amide bonds. The number of rotatable bonds is 8. The highest BCUT2D eigenvalue weighted by atomic mass is 32.4. The van der Waals surface area contributed by atoms with Gasteiger partial charge in [0.2, 0.25) is 6.42 Å². The molecule has 0 aliphatic heterocycles. The fourth-order valence-electron chi connectivity index (χ4n) is 1.93. The zero-order valence-electron chi connectivity index (χ0n) is 11.0. The molecule has 0 spiro atoms. The lowest BCUT2D eigenvalue weighted by molar-refractivity contribution is 0.361. The van der Waals surface area contributed by atoms with Crippen molar-refractivity contribution in [1.29, 1.82) is 0 Å². The summed E-state index contributed by atoms with van der Waals surface area (Å²) in [6, 6.07) is 0. The molecule has 0 aromatic carbocycles. The lowest BCUT2D eigenvalue weighted by atomic mass is 9.91. The standard InChI is InChI=1S/C10H23NO3P2S/c1-5-10(6-7-15(3,4)13)9(2)8-16(14,17)11-12/h9-10,13H,5-8H2,1-4H3/p+1. The Bertz CT molecular complexity index is 294. The van der Waals surface area contributed by atoms with Crippen LogP contribution in [0.25, 0.3) is 0 Å². The molecule has 0 radical (unpaired) electrons. The summed E-state index contributed by atoms with van der Waals surface area (Å²) < 4.78 is 0. The van der Waals surface area contributed by atoms with Gasteiger partial charge in [0, 0.05) is 6.16 Å². The Balaban J connectivity index is 4.36. The van der Waals surface area contributed by atoms with Gasteiger partial charge in [-0.2, -0.15) is 0 Å². The highest BCUT2D eigenvalue weighted by molar-refractivity contribution is 8.11. The van der Waals surface area contributed by atoms with Crippen LogP contribution >= 0.6 is 13.9 Å². The summed E-state index contributed by atoms with van der Waals surface area (Å²) in [6.07, 6.45) is 0.00802. The van der Waals surface area contributed by atoms with Crippen LogP contribution in [0.4, 0.5) is 0 Å². The first-order valence-electron chi connectivity index (χ1n) is 5.83. The molecule has 17 heavy (non-hydrogen) atoms. The SMILES string of the molecule is CCC(CC[P+](C)(C)O)C(C)CP(O)(=S)N=O. The summed E-state index contributed by atoms with van der Waals surface area (Å²) >= 11 is 4.79. The molecule has 2 N–H and O–H groups in total. The minimum atomic E-state index is -3.01. The Morgan fingerprint density at radius 1 is 1.47 bits per heavy atom. The number of hydrogen-bond donors (Lipinski definition) is 2. The van der Waals surface area contributed by atoms with Gasteiger partial charge < -0.3 is 4.89 Å².